The van der Waals surface area contributed by atoms with Gasteiger partial charge in [-0.2, -0.15) is 4.98 Å². The smallest absolute Gasteiger partial charge is 0.229 e. The molecule has 4 rings (SSSR count). The maximum absolute atomic E-state index is 5.81. The molecule has 1 N–H and O–H groups in total. The van der Waals surface area contributed by atoms with E-state index in [2.05, 4.69) is 21.5 Å². The summed E-state index contributed by atoms with van der Waals surface area (Å²) in [6.07, 6.45) is 3.07. The molecule has 2 aliphatic rings. The van der Waals surface area contributed by atoms with Gasteiger partial charge in [-0.3, -0.25) is 0 Å². The minimum Gasteiger partial charge on any atom is -0.493 e. The number of piperidine rings is 1. The number of aromatic nitrogens is 2. The third-order valence-electron chi connectivity index (χ3n) is 4.39. The molecule has 1 unspecified atom stereocenters. The summed E-state index contributed by atoms with van der Waals surface area (Å²) in [5.74, 6) is 3.17. The van der Waals surface area contributed by atoms with Gasteiger partial charge in [0.25, 0.3) is 0 Å². The molecule has 2 aromatic rings. The van der Waals surface area contributed by atoms with Gasteiger partial charge in [-0.15, -0.1) is 0 Å². The summed E-state index contributed by atoms with van der Waals surface area (Å²) in [4.78, 5) is 4.64. The molecule has 0 aliphatic carbocycles. The predicted molar refractivity (Wildman–Crippen MR) is 77.5 cm³/mol. The van der Waals surface area contributed by atoms with Gasteiger partial charge in [0.2, 0.25) is 5.89 Å². The number of fused-ring (bicyclic) bond motifs is 1. The highest BCUT2D eigenvalue weighted by atomic mass is 16.5. The van der Waals surface area contributed by atoms with Crippen molar-refractivity contribution in [3.8, 4) is 5.75 Å². The van der Waals surface area contributed by atoms with Crippen molar-refractivity contribution in [1.29, 1.82) is 0 Å². The summed E-state index contributed by atoms with van der Waals surface area (Å²) < 4.78 is 11.3. The van der Waals surface area contributed by atoms with Crippen molar-refractivity contribution >= 4 is 0 Å². The first-order chi connectivity index (χ1) is 10.4. The van der Waals surface area contributed by atoms with E-state index >= 15 is 0 Å². The van der Waals surface area contributed by atoms with Gasteiger partial charge in [-0.1, -0.05) is 23.4 Å². The molecule has 1 aromatic heterocycles. The van der Waals surface area contributed by atoms with E-state index < -0.39 is 0 Å². The maximum Gasteiger partial charge on any atom is 0.229 e. The number of benzene rings is 1. The first-order valence-corrected chi connectivity index (χ1v) is 7.65. The lowest BCUT2D eigenvalue weighted by Crippen LogP contribution is -2.26. The number of ether oxygens (including phenoxy) is 1. The molecule has 3 heterocycles. The highest BCUT2D eigenvalue weighted by Gasteiger charge is 2.27. The van der Waals surface area contributed by atoms with E-state index in [0.717, 1.165) is 49.8 Å². The largest absolute Gasteiger partial charge is 0.493 e. The Bertz CT molecular complexity index is 619. The van der Waals surface area contributed by atoms with Gasteiger partial charge in [0.05, 0.1) is 12.5 Å². The van der Waals surface area contributed by atoms with E-state index in [4.69, 9.17) is 9.26 Å². The topological polar surface area (TPSA) is 60.2 Å². The average Bonchev–Trinajstić information content (AvgIpc) is 3.05. The van der Waals surface area contributed by atoms with Crippen molar-refractivity contribution in [2.45, 2.75) is 31.1 Å². The van der Waals surface area contributed by atoms with Crippen molar-refractivity contribution in [3.63, 3.8) is 0 Å². The third kappa shape index (κ3) is 2.53. The first kappa shape index (κ1) is 12.8. The van der Waals surface area contributed by atoms with Crippen LogP contribution in [0.5, 0.6) is 5.75 Å². The molecule has 0 spiro atoms. The predicted octanol–water partition coefficient (Wildman–Crippen LogP) is 2.26. The molecule has 110 valence electrons. The van der Waals surface area contributed by atoms with Crippen molar-refractivity contribution in [2.24, 2.45) is 0 Å². The molecule has 5 heteroatoms. The van der Waals surface area contributed by atoms with Gasteiger partial charge < -0.3 is 14.6 Å². The zero-order valence-corrected chi connectivity index (χ0v) is 11.9. The van der Waals surface area contributed by atoms with Crippen molar-refractivity contribution in [1.82, 2.24) is 15.5 Å². The van der Waals surface area contributed by atoms with Crippen LogP contribution in [-0.2, 0) is 6.42 Å². The van der Waals surface area contributed by atoms with E-state index in [9.17, 15) is 0 Å². The van der Waals surface area contributed by atoms with Crippen LogP contribution in [0.1, 0.15) is 42.0 Å². The zero-order chi connectivity index (χ0) is 14.1. The lowest BCUT2D eigenvalue weighted by Gasteiger charge is -2.23. The SMILES string of the molecule is c1ccc2c(c1)CC(c1noc(C3CCNCC3)n1)CO2. The molecule has 21 heavy (non-hydrogen) atoms. The standard InChI is InChI=1S/C16H19N3O2/c1-2-4-14-12(3-1)9-13(10-20-14)15-18-16(21-19-15)11-5-7-17-8-6-11/h1-4,11,13,17H,5-10H2. The van der Waals surface area contributed by atoms with Gasteiger partial charge in [0, 0.05) is 5.92 Å². The van der Waals surface area contributed by atoms with Gasteiger partial charge in [0.1, 0.15) is 5.75 Å². The molecule has 0 bridgehead atoms. The average molecular weight is 285 g/mol. The number of rotatable bonds is 2. The second-order valence-electron chi connectivity index (χ2n) is 5.83. The second kappa shape index (κ2) is 5.48. The highest BCUT2D eigenvalue weighted by Crippen LogP contribution is 2.32. The van der Waals surface area contributed by atoms with Gasteiger partial charge in [0.15, 0.2) is 5.82 Å². The Morgan fingerprint density at radius 2 is 1.95 bits per heavy atom. The van der Waals surface area contributed by atoms with Gasteiger partial charge in [-0.05, 0) is 44.0 Å². The number of hydrogen-bond acceptors (Lipinski definition) is 5. The van der Waals surface area contributed by atoms with Gasteiger partial charge in [-0.25, -0.2) is 0 Å². The van der Waals surface area contributed by atoms with Crippen LogP contribution in [-0.4, -0.2) is 29.8 Å². The summed E-state index contributed by atoms with van der Waals surface area (Å²) >= 11 is 0. The fourth-order valence-corrected chi connectivity index (χ4v) is 3.14. The van der Waals surface area contributed by atoms with E-state index in [1.54, 1.807) is 0 Å². The van der Waals surface area contributed by atoms with Crippen LogP contribution in [0.4, 0.5) is 0 Å². The van der Waals surface area contributed by atoms with Crippen LogP contribution in [0, 0.1) is 0 Å². The van der Waals surface area contributed by atoms with E-state index in [0.29, 0.717) is 12.5 Å². The zero-order valence-electron chi connectivity index (χ0n) is 11.9. The summed E-state index contributed by atoms with van der Waals surface area (Å²) in [6, 6.07) is 8.17. The minimum atomic E-state index is 0.194. The summed E-state index contributed by atoms with van der Waals surface area (Å²) in [7, 11) is 0. The molecule has 1 fully saturated rings. The minimum absolute atomic E-state index is 0.194. The molecule has 0 saturated carbocycles. The Kier molecular flexibility index (Phi) is 3.35. The Morgan fingerprint density at radius 1 is 1.10 bits per heavy atom. The second-order valence-corrected chi connectivity index (χ2v) is 5.83. The van der Waals surface area contributed by atoms with Crippen LogP contribution in [0.25, 0.3) is 0 Å². The molecule has 1 atom stereocenters. The van der Waals surface area contributed by atoms with E-state index in [-0.39, 0.29) is 5.92 Å². The number of hydrogen-bond donors (Lipinski definition) is 1. The lowest BCUT2D eigenvalue weighted by molar-refractivity contribution is 0.253. The summed E-state index contributed by atoms with van der Waals surface area (Å²) in [5, 5.41) is 7.56. The molecule has 1 aromatic carbocycles. The number of nitrogens with one attached hydrogen (secondary N) is 1. The Labute approximate surface area is 123 Å². The van der Waals surface area contributed by atoms with Crippen LogP contribution in [0.3, 0.4) is 0 Å². The monoisotopic (exact) mass is 285 g/mol. The fourth-order valence-electron chi connectivity index (χ4n) is 3.14. The van der Waals surface area contributed by atoms with Crippen LogP contribution in [0.15, 0.2) is 28.8 Å². The first-order valence-electron chi connectivity index (χ1n) is 7.65. The van der Waals surface area contributed by atoms with Crippen molar-refractivity contribution in [2.75, 3.05) is 19.7 Å². The Balaban J connectivity index is 1.51. The van der Waals surface area contributed by atoms with Crippen LogP contribution < -0.4 is 10.1 Å². The Morgan fingerprint density at radius 3 is 2.86 bits per heavy atom. The molecule has 5 nitrogen and oxygen atoms in total. The lowest BCUT2D eigenvalue weighted by atomic mass is 9.96. The summed E-state index contributed by atoms with van der Waals surface area (Å²) in [5.41, 5.74) is 1.22. The van der Waals surface area contributed by atoms with Gasteiger partial charge >= 0.3 is 0 Å². The molecular formula is C16H19N3O2. The third-order valence-corrected chi connectivity index (χ3v) is 4.39. The normalized spacial score (nSPS) is 22.6. The quantitative estimate of drug-likeness (QED) is 0.917. The van der Waals surface area contributed by atoms with Crippen LogP contribution >= 0.6 is 0 Å². The van der Waals surface area contributed by atoms with Crippen molar-refractivity contribution in [3.05, 3.63) is 41.5 Å². The number of para-hydroxylation sites is 1. The molecular weight excluding hydrogens is 266 g/mol. The fraction of sp³-hybridized carbons (Fsp3) is 0.500. The van der Waals surface area contributed by atoms with E-state index in [1.807, 2.05) is 18.2 Å². The number of nitrogens with zero attached hydrogens (tertiary/aromatic N) is 2. The van der Waals surface area contributed by atoms with Crippen LogP contribution in [0.2, 0.25) is 0 Å². The molecule has 0 radical (unpaired) electrons. The summed E-state index contributed by atoms with van der Waals surface area (Å²) in [6.45, 7) is 2.69. The maximum atomic E-state index is 5.81. The molecule has 1 saturated heterocycles. The van der Waals surface area contributed by atoms with Crippen molar-refractivity contribution < 1.29 is 9.26 Å². The molecule has 2 aliphatic heterocycles. The van der Waals surface area contributed by atoms with E-state index in [1.165, 1.54) is 5.56 Å². The Hall–Kier alpha value is -1.88. The molecule has 0 amide bonds. The highest BCUT2D eigenvalue weighted by molar-refractivity contribution is 5.36.